The summed E-state index contributed by atoms with van der Waals surface area (Å²) in [6, 6.07) is 23.3. The molecule has 0 aliphatic carbocycles. The number of anilines is 1. The first kappa shape index (κ1) is 20.3. The van der Waals surface area contributed by atoms with E-state index < -0.39 is 5.97 Å². The molecule has 0 unspecified atom stereocenters. The van der Waals surface area contributed by atoms with Gasteiger partial charge in [0.1, 0.15) is 17.0 Å². The van der Waals surface area contributed by atoms with Gasteiger partial charge in [-0.1, -0.05) is 36.4 Å². The lowest BCUT2D eigenvalue weighted by Gasteiger charge is -2.21. The van der Waals surface area contributed by atoms with Crippen LogP contribution in [-0.2, 0) is 17.9 Å². The van der Waals surface area contributed by atoms with Crippen LogP contribution in [0.1, 0.15) is 11.1 Å². The number of carboxylic acids is 1. The van der Waals surface area contributed by atoms with Crippen molar-refractivity contribution in [2.24, 2.45) is 0 Å². The minimum Gasteiger partial charge on any atom is -0.497 e. The van der Waals surface area contributed by atoms with Gasteiger partial charge < -0.3 is 23.9 Å². The molecule has 0 bridgehead atoms. The van der Waals surface area contributed by atoms with Gasteiger partial charge in [-0.25, -0.2) is 4.79 Å². The minimum absolute atomic E-state index is 0.385. The van der Waals surface area contributed by atoms with Crippen LogP contribution >= 0.6 is 0 Å². The molecule has 0 radical (unpaired) electrons. The van der Waals surface area contributed by atoms with E-state index >= 15 is 0 Å². The van der Waals surface area contributed by atoms with Crippen molar-refractivity contribution in [1.29, 1.82) is 0 Å². The van der Waals surface area contributed by atoms with E-state index in [1.165, 1.54) is 0 Å². The summed E-state index contributed by atoms with van der Waals surface area (Å²) in [4.78, 5) is 17.5. The number of nitrogens with zero attached hydrogens (tertiary/aromatic N) is 2. The maximum Gasteiger partial charge on any atom is 0.341 e. The minimum atomic E-state index is -1.02. The Morgan fingerprint density at radius 3 is 2.48 bits per heavy atom. The Hall–Kier alpha value is -4.00. The maximum absolute atomic E-state index is 10.8. The number of carboxylic acid groups (broad SMARTS) is 1. The van der Waals surface area contributed by atoms with Crippen molar-refractivity contribution < 1.29 is 23.8 Å². The first-order valence-electron chi connectivity index (χ1n) is 9.78. The third-order valence-corrected chi connectivity index (χ3v) is 4.72. The number of aromatic nitrogens is 1. The van der Waals surface area contributed by atoms with Gasteiger partial charge in [0.25, 0.3) is 6.01 Å². The van der Waals surface area contributed by atoms with Gasteiger partial charge in [0.15, 0.2) is 12.2 Å². The summed E-state index contributed by atoms with van der Waals surface area (Å²) >= 11 is 0. The number of carbonyl (C=O) groups is 1. The van der Waals surface area contributed by atoms with E-state index in [0.717, 1.165) is 28.0 Å². The fourth-order valence-corrected chi connectivity index (χ4v) is 3.24. The predicted molar refractivity (Wildman–Crippen MR) is 116 cm³/mol. The maximum atomic E-state index is 10.8. The fourth-order valence-electron chi connectivity index (χ4n) is 3.24. The molecule has 0 saturated carbocycles. The lowest BCUT2D eigenvalue weighted by molar-refractivity contribution is -0.139. The highest BCUT2D eigenvalue weighted by Crippen LogP contribution is 2.26. The van der Waals surface area contributed by atoms with Crippen LogP contribution in [0.15, 0.2) is 77.2 Å². The van der Waals surface area contributed by atoms with Crippen molar-refractivity contribution in [1.82, 2.24) is 4.98 Å². The van der Waals surface area contributed by atoms with E-state index in [2.05, 4.69) is 4.98 Å². The second-order valence-electron chi connectivity index (χ2n) is 7.00. The number of benzene rings is 3. The highest BCUT2D eigenvalue weighted by molar-refractivity contribution is 5.74. The van der Waals surface area contributed by atoms with Crippen LogP contribution in [0.25, 0.3) is 11.1 Å². The second kappa shape index (κ2) is 9.21. The highest BCUT2D eigenvalue weighted by Gasteiger charge is 2.16. The van der Waals surface area contributed by atoms with Crippen molar-refractivity contribution in [3.05, 3.63) is 83.9 Å². The molecule has 158 valence electrons. The zero-order valence-corrected chi connectivity index (χ0v) is 17.0. The molecule has 0 amide bonds. The number of methoxy groups -OCH3 is 1. The van der Waals surface area contributed by atoms with Crippen LogP contribution in [-0.4, -0.2) is 29.8 Å². The summed E-state index contributed by atoms with van der Waals surface area (Å²) in [5, 5.41) is 8.85. The Kier molecular flexibility index (Phi) is 6.03. The predicted octanol–water partition coefficient (Wildman–Crippen LogP) is 4.51. The molecular weight excluding hydrogens is 396 g/mol. The van der Waals surface area contributed by atoms with Crippen molar-refractivity contribution in [3.63, 3.8) is 0 Å². The van der Waals surface area contributed by atoms with Crippen LogP contribution in [0.5, 0.6) is 11.5 Å². The third-order valence-electron chi connectivity index (χ3n) is 4.72. The average molecular weight is 418 g/mol. The number of fused-ring (bicyclic) bond motifs is 1. The van der Waals surface area contributed by atoms with Gasteiger partial charge in [0.2, 0.25) is 0 Å². The molecule has 3 aromatic carbocycles. The van der Waals surface area contributed by atoms with E-state index in [4.69, 9.17) is 19.0 Å². The van der Waals surface area contributed by atoms with E-state index in [-0.39, 0.29) is 6.61 Å². The van der Waals surface area contributed by atoms with E-state index in [1.54, 1.807) is 13.2 Å². The molecule has 0 aliphatic heterocycles. The molecule has 1 N–H and O–H groups in total. The largest absolute Gasteiger partial charge is 0.497 e. The molecule has 4 rings (SSSR count). The SMILES string of the molecule is COc1ccc(CN(Cc2cccc(OCC(=O)O)c2)c2nc3ccccc3o2)cc1. The van der Waals surface area contributed by atoms with Crippen molar-refractivity contribution in [3.8, 4) is 11.5 Å². The Labute approximate surface area is 179 Å². The van der Waals surface area contributed by atoms with Gasteiger partial charge in [-0.2, -0.15) is 4.98 Å². The number of ether oxygens (including phenoxy) is 2. The Morgan fingerprint density at radius 2 is 1.74 bits per heavy atom. The van der Waals surface area contributed by atoms with Gasteiger partial charge in [-0.15, -0.1) is 0 Å². The first-order chi connectivity index (χ1) is 15.1. The van der Waals surface area contributed by atoms with Gasteiger partial charge in [-0.3, -0.25) is 0 Å². The molecule has 4 aromatic rings. The van der Waals surface area contributed by atoms with Crippen molar-refractivity contribution >= 4 is 23.1 Å². The number of rotatable bonds is 9. The number of hydrogen-bond donors (Lipinski definition) is 1. The molecule has 7 heteroatoms. The quantitative estimate of drug-likeness (QED) is 0.428. The summed E-state index contributed by atoms with van der Waals surface area (Å²) in [7, 11) is 1.64. The van der Waals surface area contributed by atoms with Crippen LogP contribution in [0.3, 0.4) is 0 Å². The first-order valence-corrected chi connectivity index (χ1v) is 9.78. The van der Waals surface area contributed by atoms with Gasteiger partial charge in [-0.05, 0) is 47.5 Å². The standard InChI is InChI=1S/C24H22N2O5/c1-29-19-11-9-17(10-12-19)14-26(24-25-21-7-2-3-8-22(21)31-24)15-18-5-4-6-20(13-18)30-16-23(27)28/h2-13H,14-16H2,1H3,(H,27,28). The van der Waals surface area contributed by atoms with Gasteiger partial charge in [0, 0.05) is 13.1 Å². The van der Waals surface area contributed by atoms with Crippen molar-refractivity contribution in [2.75, 3.05) is 18.6 Å². The Morgan fingerprint density at radius 1 is 0.968 bits per heavy atom. The van der Waals surface area contributed by atoms with E-state index in [9.17, 15) is 4.79 Å². The lowest BCUT2D eigenvalue weighted by atomic mass is 10.1. The number of aliphatic carboxylic acids is 1. The van der Waals surface area contributed by atoms with Gasteiger partial charge >= 0.3 is 5.97 Å². The Balaban J connectivity index is 1.61. The molecule has 31 heavy (non-hydrogen) atoms. The summed E-state index contributed by atoms with van der Waals surface area (Å²) in [5.41, 5.74) is 3.52. The second-order valence-corrected chi connectivity index (χ2v) is 7.00. The van der Waals surface area contributed by atoms with Crippen LogP contribution < -0.4 is 14.4 Å². The highest BCUT2D eigenvalue weighted by atomic mass is 16.5. The summed E-state index contributed by atoms with van der Waals surface area (Å²) in [6.45, 7) is 0.685. The number of hydrogen-bond acceptors (Lipinski definition) is 6. The third kappa shape index (κ3) is 5.14. The molecule has 0 fully saturated rings. The molecule has 1 heterocycles. The fraction of sp³-hybridized carbons (Fsp3) is 0.167. The molecule has 7 nitrogen and oxygen atoms in total. The summed E-state index contributed by atoms with van der Waals surface area (Å²) in [6.07, 6.45) is 0. The Bertz CT molecular complexity index is 1140. The molecule has 0 saturated heterocycles. The molecule has 0 spiro atoms. The van der Waals surface area contributed by atoms with Gasteiger partial charge in [0.05, 0.1) is 7.11 Å². The topological polar surface area (TPSA) is 85.0 Å². The zero-order chi connectivity index (χ0) is 21.6. The average Bonchev–Trinajstić information content (AvgIpc) is 3.22. The lowest BCUT2D eigenvalue weighted by Crippen LogP contribution is -2.22. The normalized spacial score (nSPS) is 10.7. The summed E-state index contributed by atoms with van der Waals surface area (Å²) in [5.74, 6) is 0.278. The van der Waals surface area contributed by atoms with E-state index in [1.807, 2.05) is 71.6 Å². The molecule has 1 aromatic heterocycles. The molecule has 0 aliphatic rings. The van der Waals surface area contributed by atoms with Crippen molar-refractivity contribution in [2.45, 2.75) is 13.1 Å². The summed E-state index contributed by atoms with van der Waals surface area (Å²) < 4.78 is 16.6. The van der Waals surface area contributed by atoms with Crippen LogP contribution in [0, 0.1) is 0 Å². The van der Waals surface area contributed by atoms with Crippen LogP contribution in [0.4, 0.5) is 6.01 Å². The molecular formula is C24H22N2O5. The number of oxazole rings is 1. The van der Waals surface area contributed by atoms with E-state index in [0.29, 0.717) is 24.9 Å². The monoisotopic (exact) mass is 418 g/mol. The smallest absolute Gasteiger partial charge is 0.341 e. The van der Waals surface area contributed by atoms with Crippen LogP contribution in [0.2, 0.25) is 0 Å². The number of para-hydroxylation sites is 2. The zero-order valence-electron chi connectivity index (χ0n) is 17.0. The molecule has 0 atom stereocenters.